The summed E-state index contributed by atoms with van der Waals surface area (Å²) in [6.45, 7) is 45.8. The van der Waals surface area contributed by atoms with Gasteiger partial charge in [0.2, 0.25) is 0 Å². The summed E-state index contributed by atoms with van der Waals surface area (Å²) in [5, 5.41) is 10.4. The SMILES string of the molecule is C.C.CC1(C)OB(c2ccc(Cl)nc2)OC1(C)C.CCOC(=O)CC1CCC(c2cc(N(COCC[Si](C)(C)C)COCC[Si](C)(C)C)n3ncc(-c4ccc(Cl)nc4)c3n2)CC1.CCOC(=O)CC1CCC(c2cc(N(COCC[Si](C)(C)C)COCC[Si](C)(C)C)n3ncc(I)c3n2)CC1. The third kappa shape index (κ3) is 28.3. The Morgan fingerprint density at radius 2 is 0.922 bits per heavy atom. The number of anilines is 2. The molecule has 6 aromatic heterocycles. The first-order valence-electron chi connectivity index (χ1n) is 36.1. The number of esters is 2. The van der Waals surface area contributed by atoms with E-state index < -0.39 is 32.3 Å². The van der Waals surface area contributed by atoms with Crippen LogP contribution in [0.5, 0.6) is 0 Å². The highest BCUT2D eigenvalue weighted by Crippen LogP contribution is 2.41. The fraction of sp³-hybridized carbons (Fsp3) is 0.676. The predicted octanol–water partition coefficient (Wildman–Crippen LogP) is 18.4. The van der Waals surface area contributed by atoms with E-state index in [1.165, 1.54) is 0 Å². The molecule has 28 heteroatoms. The Morgan fingerprint density at radius 3 is 1.28 bits per heavy atom. The molecule has 0 radical (unpaired) electrons. The van der Waals surface area contributed by atoms with Gasteiger partial charge in [0.15, 0.2) is 11.3 Å². The number of aromatic nitrogens is 8. The van der Waals surface area contributed by atoms with E-state index in [1.54, 1.807) is 24.5 Å². The number of fused-ring (bicyclic) bond motifs is 2. The van der Waals surface area contributed by atoms with Gasteiger partial charge < -0.3 is 47.5 Å². The summed E-state index contributed by atoms with van der Waals surface area (Å²) >= 11 is 14.2. The van der Waals surface area contributed by atoms with E-state index in [0.717, 1.165) is 143 Å². The van der Waals surface area contributed by atoms with Gasteiger partial charge in [-0.2, -0.15) is 19.2 Å². The molecule has 9 rings (SSSR count). The van der Waals surface area contributed by atoms with Crippen LogP contribution in [-0.4, -0.2) is 168 Å². The van der Waals surface area contributed by atoms with Gasteiger partial charge in [-0.1, -0.05) is 123 Å². The van der Waals surface area contributed by atoms with Gasteiger partial charge in [-0.05, 0) is 170 Å². The second-order valence-electron chi connectivity index (χ2n) is 32.9. The lowest BCUT2D eigenvalue weighted by molar-refractivity contribution is -0.145. The lowest BCUT2D eigenvalue weighted by atomic mass is 9.79. The van der Waals surface area contributed by atoms with E-state index in [-0.39, 0.29) is 51.0 Å². The van der Waals surface area contributed by atoms with Gasteiger partial charge >= 0.3 is 19.1 Å². The largest absolute Gasteiger partial charge is 0.496 e. The van der Waals surface area contributed by atoms with E-state index in [0.29, 0.717) is 94.3 Å². The summed E-state index contributed by atoms with van der Waals surface area (Å²) in [6.07, 6.45) is 16.2. The van der Waals surface area contributed by atoms with Gasteiger partial charge in [-0.25, -0.2) is 19.9 Å². The molecule has 0 unspecified atom stereocenters. The molecule has 3 aliphatic rings. The quantitative estimate of drug-likeness (QED) is 0.00963. The molecule has 570 valence electrons. The van der Waals surface area contributed by atoms with Gasteiger partial charge in [-0.3, -0.25) is 9.59 Å². The molecule has 0 amide bonds. The molecule has 7 heterocycles. The Kier molecular flexibility index (Phi) is 35.1. The van der Waals surface area contributed by atoms with Crippen molar-refractivity contribution in [3.05, 3.63) is 86.4 Å². The second kappa shape index (κ2) is 40.3. The molecular weight excluding hydrogens is 1510 g/mol. The zero-order valence-corrected chi connectivity index (χ0v) is 71.0. The van der Waals surface area contributed by atoms with Crippen LogP contribution < -0.4 is 15.3 Å². The van der Waals surface area contributed by atoms with Gasteiger partial charge in [0.1, 0.15) is 48.9 Å². The summed E-state index contributed by atoms with van der Waals surface area (Å²) in [4.78, 5) is 47.1. The van der Waals surface area contributed by atoms with Crippen molar-refractivity contribution >= 4 is 126 Å². The van der Waals surface area contributed by atoms with Crippen molar-refractivity contribution in [2.75, 3.05) is 76.4 Å². The summed E-state index contributed by atoms with van der Waals surface area (Å²) in [5.41, 5.74) is 5.84. The number of rotatable bonds is 32. The standard InChI is InChI=1S/C33H52ClN5O4Si2.C28H49IN4O4Si2.C11H15BClNO2.2CH4/c1-8-43-32(40)19-25-9-11-26(12-10-25)29-20-31(39-33(37-29)28(22-36-39)27-13-14-30(34)35-21-27)38(23-41-15-17-44(2,3)4)24-42-16-18-45(5,6)7;1-8-37-27(34)17-22-9-11-23(12-10-22)25-18-26(33-28(31-25)24(29)19-30-33)32(20-35-13-15-38(2,3)4)21-36-14-16-39(5,6)7;1-10(2)11(3,4)16-12(15-10)8-5-6-9(13)14-7-8;;/h13-14,20-22,25-26H,8-12,15-19,23-24H2,1-7H3;18-19,22-23H,8-17,20-21H2,1-7H3;5-7H,1-4H3;2*1H4. The molecule has 6 aromatic rings. The highest BCUT2D eigenvalue weighted by Gasteiger charge is 2.52. The number of hydrogen-bond acceptors (Lipinski definition) is 18. The van der Waals surface area contributed by atoms with Crippen LogP contribution in [0.1, 0.15) is 144 Å². The Labute approximate surface area is 639 Å². The lowest BCUT2D eigenvalue weighted by Gasteiger charge is -2.32. The first kappa shape index (κ1) is 88.7. The zero-order valence-electron chi connectivity index (χ0n) is 63.3. The number of ether oxygens (including phenoxy) is 6. The van der Waals surface area contributed by atoms with Crippen LogP contribution in [0.2, 0.25) is 113 Å². The third-order valence-corrected chi connectivity index (χ3v) is 26.9. The minimum absolute atomic E-state index is 0. The van der Waals surface area contributed by atoms with Crippen LogP contribution in [0.25, 0.3) is 22.4 Å². The predicted molar refractivity (Wildman–Crippen MR) is 438 cm³/mol. The maximum Gasteiger partial charge on any atom is 0.496 e. The molecule has 0 bridgehead atoms. The zero-order chi connectivity index (χ0) is 73.2. The fourth-order valence-corrected chi connectivity index (χ4v) is 15.5. The van der Waals surface area contributed by atoms with Crippen molar-refractivity contribution in [2.45, 2.75) is 246 Å². The van der Waals surface area contributed by atoms with E-state index in [1.807, 2.05) is 75.1 Å². The van der Waals surface area contributed by atoms with Crippen LogP contribution in [-0.2, 0) is 47.3 Å². The lowest BCUT2D eigenvalue weighted by Crippen LogP contribution is -2.41. The van der Waals surface area contributed by atoms with Crippen LogP contribution in [0, 0.1) is 15.4 Å². The molecule has 1 saturated heterocycles. The van der Waals surface area contributed by atoms with Crippen LogP contribution in [0.15, 0.2) is 61.2 Å². The molecule has 0 aromatic carbocycles. The van der Waals surface area contributed by atoms with Crippen molar-refractivity contribution < 1.29 is 47.3 Å². The minimum Gasteiger partial charge on any atom is -0.466 e. The average molecular weight is 1630 g/mol. The topological polar surface area (TPSA) is 201 Å². The second-order valence-corrected chi connectivity index (χ2v) is 57.3. The van der Waals surface area contributed by atoms with E-state index in [9.17, 15) is 9.59 Å². The Hall–Kier alpha value is -3.92. The smallest absolute Gasteiger partial charge is 0.466 e. The molecule has 0 spiro atoms. The molecule has 2 saturated carbocycles. The van der Waals surface area contributed by atoms with Crippen molar-refractivity contribution in [1.82, 2.24) is 39.2 Å². The molecule has 102 heavy (non-hydrogen) atoms. The Bertz CT molecular complexity index is 3460. The van der Waals surface area contributed by atoms with Crippen molar-refractivity contribution in [2.24, 2.45) is 11.8 Å². The van der Waals surface area contributed by atoms with Gasteiger partial charge in [0.25, 0.3) is 0 Å². The normalized spacial score (nSPS) is 18.3. The number of carbonyl (C=O) groups is 2. The van der Waals surface area contributed by atoms with E-state index in [2.05, 4.69) is 138 Å². The van der Waals surface area contributed by atoms with Crippen molar-refractivity contribution in [1.29, 1.82) is 0 Å². The highest BCUT2D eigenvalue weighted by atomic mass is 127. The molecule has 3 fully saturated rings. The van der Waals surface area contributed by atoms with Gasteiger partial charge in [0.05, 0.1) is 40.4 Å². The number of carbonyl (C=O) groups excluding carboxylic acids is 2. The summed E-state index contributed by atoms with van der Waals surface area (Å²) < 4.78 is 52.1. The summed E-state index contributed by atoms with van der Waals surface area (Å²) in [7, 11) is -5.20. The maximum atomic E-state index is 12.1. The highest BCUT2D eigenvalue weighted by molar-refractivity contribution is 14.1. The molecule has 0 N–H and O–H groups in total. The number of hydrogen-bond donors (Lipinski definition) is 0. The maximum absolute atomic E-state index is 12.1. The summed E-state index contributed by atoms with van der Waals surface area (Å²) in [5.74, 6) is 3.09. The van der Waals surface area contributed by atoms with Crippen LogP contribution in [0.3, 0.4) is 0 Å². The fourth-order valence-electron chi connectivity index (χ4n) is 11.8. The van der Waals surface area contributed by atoms with Crippen molar-refractivity contribution in [3.8, 4) is 11.1 Å². The Morgan fingerprint density at radius 1 is 0.549 bits per heavy atom. The Balaban J connectivity index is 0.000000299. The van der Waals surface area contributed by atoms with Gasteiger partial charge in [0, 0.05) is 136 Å². The van der Waals surface area contributed by atoms with Crippen molar-refractivity contribution in [3.63, 3.8) is 0 Å². The van der Waals surface area contributed by atoms with Crippen LogP contribution >= 0.6 is 45.8 Å². The van der Waals surface area contributed by atoms with E-state index in [4.69, 9.17) is 76.0 Å². The van der Waals surface area contributed by atoms with E-state index >= 15 is 0 Å². The molecule has 20 nitrogen and oxygen atoms in total. The monoisotopic (exact) mass is 1630 g/mol. The number of halogens is 3. The van der Waals surface area contributed by atoms with Gasteiger partial charge in [-0.15, -0.1) is 0 Å². The number of nitrogens with zero attached hydrogens (tertiary/aromatic N) is 10. The molecular formula is C74H124BCl2IN10O10Si4. The minimum atomic E-state index is -1.24. The first-order valence-corrected chi connectivity index (χ1v) is 52.8. The molecule has 0 atom stereocenters. The number of pyridine rings is 2. The third-order valence-electron chi connectivity index (χ3n) is 18.9. The first-order chi connectivity index (χ1) is 47.0. The van der Waals surface area contributed by atoms with Crippen LogP contribution in [0.4, 0.5) is 11.6 Å². The summed E-state index contributed by atoms with van der Waals surface area (Å²) in [6, 6.07) is 16.2. The molecule has 2 aliphatic carbocycles. The average Bonchev–Trinajstić information content (AvgIpc) is 1.58. The molecule has 1 aliphatic heterocycles.